The van der Waals surface area contributed by atoms with Gasteiger partial charge in [-0.15, -0.1) is 0 Å². The summed E-state index contributed by atoms with van der Waals surface area (Å²) in [6.07, 6.45) is 5.93. The standard InChI is InChI=1S/C16H16INO/c1-4-11-19-14-7-5-13(6-8-14)16-10-9-15(17)12(2)18(16)3/h4-10H,1-2,11H2,3H3. The molecule has 0 atom stereocenters. The first-order valence-electron chi connectivity index (χ1n) is 5.98. The quantitative estimate of drug-likeness (QED) is 0.580. The average molecular weight is 365 g/mol. The number of benzene rings is 1. The number of hydrogen-bond acceptors (Lipinski definition) is 2. The Morgan fingerprint density at radius 1 is 1.26 bits per heavy atom. The third-order valence-electron chi connectivity index (χ3n) is 2.95. The summed E-state index contributed by atoms with van der Waals surface area (Å²) >= 11 is 2.29. The molecule has 0 radical (unpaired) electrons. The van der Waals surface area contributed by atoms with Crippen LogP contribution in [-0.4, -0.2) is 18.6 Å². The van der Waals surface area contributed by atoms with E-state index >= 15 is 0 Å². The van der Waals surface area contributed by atoms with Crippen LogP contribution < -0.4 is 4.74 Å². The summed E-state index contributed by atoms with van der Waals surface area (Å²) in [6, 6.07) is 8.05. The van der Waals surface area contributed by atoms with Crippen LogP contribution in [0.25, 0.3) is 5.70 Å². The topological polar surface area (TPSA) is 12.5 Å². The van der Waals surface area contributed by atoms with Gasteiger partial charge in [0.05, 0.1) is 0 Å². The maximum atomic E-state index is 5.48. The fourth-order valence-electron chi connectivity index (χ4n) is 1.83. The van der Waals surface area contributed by atoms with E-state index in [0.29, 0.717) is 6.61 Å². The van der Waals surface area contributed by atoms with Crippen LogP contribution in [0.15, 0.2) is 64.9 Å². The molecule has 0 fully saturated rings. The van der Waals surface area contributed by atoms with Gasteiger partial charge in [-0.25, -0.2) is 0 Å². The van der Waals surface area contributed by atoms with Crippen LogP contribution in [0, 0.1) is 0 Å². The van der Waals surface area contributed by atoms with E-state index in [1.165, 1.54) is 0 Å². The highest BCUT2D eigenvalue weighted by Crippen LogP contribution is 2.32. The number of halogens is 1. The van der Waals surface area contributed by atoms with Crippen LogP contribution >= 0.6 is 22.6 Å². The maximum Gasteiger partial charge on any atom is 0.119 e. The van der Waals surface area contributed by atoms with Gasteiger partial charge in [0.1, 0.15) is 12.4 Å². The minimum absolute atomic E-state index is 0.527. The Kier molecular flexibility index (Phi) is 4.47. The van der Waals surface area contributed by atoms with Crippen LogP contribution in [0.4, 0.5) is 0 Å². The summed E-state index contributed by atoms with van der Waals surface area (Å²) in [4.78, 5) is 2.10. The average Bonchev–Trinajstić information content (AvgIpc) is 2.44. The molecular formula is C16H16INO. The summed E-state index contributed by atoms with van der Waals surface area (Å²) in [5, 5.41) is 0. The minimum atomic E-state index is 0.527. The van der Waals surface area contributed by atoms with Crippen LogP contribution in [0.5, 0.6) is 5.75 Å². The summed E-state index contributed by atoms with van der Waals surface area (Å²) in [5.41, 5.74) is 3.31. The monoisotopic (exact) mass is 365 g/mol. The highest BCUT2D eigenvalue weighted by molar-refractivity contribution is 14.1. The SMILES string of the molecule is C=CCOc1ccc(C2=CC=C(I)C(=C)N2C)cc1. The lowest BCUT2D eigenvalue weighted by Crippen LogP contribution is -2.17. The second kappa shape index (κ2) is 6.10. The van der Waals surface area contributed by atoms with Crippen molar-refractivity contribution >= 4 is 28.3 Å². The summed E-state index contributed by atoms with van der Waals surface area (Å²) < 4.78 is 6.64. The number of nitrogens with zero attached hydrogens (tertiary/aromatic N) is 1. The van der Waals surface area contributed by atoms with Gasteiger partial charge < -0.3 is 9.64 Å². The normalized spacial score (nSPS) is 14.8. The molecule has 2 rings (SSSR count). The van der Waals surface area contributed by atoms with E-state index in [0.717, 1.165) is 26.3 Å². The molecule has 0 spiro atoms. The molecule has 19 heavy (non-hydrogen) atoms. The molecule has 2 nitrogen and oxygen atoms in total. The number of likely N-dealkylation sites (N-methyl/N-ethyl adjacent to an activating group) is 1. The van der Waals surface area contributed by atoms with Crippen molar-refractivity contribution in [1.82, 2.24) is 4.90 Å². The Hall–Kier alpha value is -1.49. The largest absolute Gasteiger partial charge is 0.490 e. The van der Waals surface area contributed by atoms with Crippen molar-refractivity contribution in [2.24, 2.45) is 0 Å². The fraction of sp³-hybridized carbons (Fsp3) is 0.125. The van der Waals surface area contributed by atoms with Gasteiger partial charge in [-0.3, -0.25) is 0 Å². The highest BCUT2D eigenvalue weighted by Gasteiger charge is 2.15. The molecule has 0 aromatic heterocycles. The van der Waals surface area contributed by atoms with E-state index in [-0.39, 0.29) is 0 Å². The second-order valence-corrected chi connectivity index (χ2v) is 5.36. The molecule has 98 valence electrons. The van der Waals surface area contributed by atoms with E-state index < -0.39 is 0 Å². The predicted octanol–water partition coefficient (Wildman–Crippen LogP) is 4.37. The molecule has 0 bridgehead atoms. The van der Waals surface area contributed by atoms with Gasteiger partial charge in [-0.05, 0) is 64.6 Å². The first kappa shape index (κ1) is 13.9. The van der Waals surface area contributed by atoms with Gasteiger partial charge in [0.15, 0.2) is 0 Å². The lowest BCUT2D eigenvalue weighted by molar-refractivity contribution is 0.363. The first-order chi connectivity index (χ1) is 9.13. The Bertz CT molecular complexity index is 555. The zero-order chi connectivity index (χ0) is 13.8. The minimum Gasteiger partial charge on any atom is -0.490 e. The third kappa shape index (κ3) is 3.10. The molecular weight excluding hydrogens is 349 g/mol. The predicted molar refractivity (Wildman–Crippen MR) is 89.1 cm³/mol. The molecule has 0 N–H and O–H groups in total. The molecule has 1 aliphatic heterocycles. The van der Waals surface area contributed by atoms with Crippen LogP contribution in [-0.2, 0) is 0 Å². The zero-order valence-electron chi connectivity index (χ0n) is 10.9. The maximum absolute atomic E-state index is 5.48. The molecule has 1 aliphatic rings. The lowest BCUT2D eigenvalue weighted by atomic mass is 10.1. The van der Waals surface area contributed by atoms with E-state index in [1.54, 1.807) is 6.08 Å². The van der Waals surface area contributed by atoms with Crippen LogP contribution in [0.3, 0.4) is 0 Å². The van der Waals surface area contributed by atoms with E-state index in [1.807, 2.05) is 19.2 Å². The van der Waals surface area contributed by atoms with Crippen molar-refractivity contribution in [3.05, 3.63) is 70.5 Å². The Morgan fingerprint density at radius 2 is 1.95 bits per heavy atom. The lowest BCUT2D eigenvalue weighted by Gasteiger charge is -2.27. The Balaban J connectivity index is 2.23. The molecule has 0 saturated carbocycles. The number of allylic oxidation sites excluding steroid dienone is 3. The van der Waals surface area contributed by atoms with E-state index in [2.05, 4.69) is 64.9 Å². The van der Waals surface area contributed by atoms with Crippen molar-refractivity contribution in [3.8, 4) is 5.75 Å². The smallest absolute Gasteiger partial charge is 0.119 e. The molecule has 0 unspecified atom stereocenters. The second-order valence-electron chi connectivity index (χ2n) is 4.20. The van der Waals surface area contributed by atoms with Crippen molar-refractivity contribution in [1.29, 1.82) is 0 Å². The number of hydrogen-bond donors (Lipinski definition) is 0. The van der Waals surface area contributed by atoms with Crippen LogP contribution in [0.2, 0.25) is 0 Å². The molecule has 0 amide bonds. The van der Waals surface area contributed by atoms with Gasteiger partial charge in [0, 0.05) is 22.0 Å². The number of rotatable bonds is 4. The van der Waals surface area contributed by atoms with Gasteiger partial charge in [-0.1, -0.05) is 19.2 Å². The van der Waals surface area contributed by atoms with Crippen molar-refractivity contribution < 1.29 is 4.74 Å². The van der Waals surface area contributed by atoms with Crippen molar-refractivity contribution in [2.75, 3.05) is 13.7 Å². The number of ether oxygens (including phenoxy) is 1. The highest BCUT2D eigenvalue weighted by atomic mass is 127. The molecule has 1 heterocycles. The summed E-state index contributed by atoms with van der Waals surface area (Å²) in [6.45, 7) is 8.25. The fourth-order valence-corrected chi connectivity index (χ4v) is 2.37. The molecule has 3 heteroatoms. The molecule has 1 aromatic carbocycles. The first-order valence-corrected chi connectivity index (χ1v) is 7.06. The zero-order valence-corrected chi connectivity index (χ0v) is 13.1. The van der Waals surface area contributed by atoms with E-state index in [4.69, 9.17) is 4.74 Å². The summed E-state index contributed by atoms with van der Waals surface area (Å²) in [5.74, 6) is 0.853. The van der Waals surface area contributed by atoms with Crippen LogP contribution in [0.1, 0.15) is 5.56 Å². The van der Waals surface area contributed by atoms with Gasteiger partial charge in [-0.2, -0.15) is 0 Å². The molecule has 1 aromatic rings. The molecule has 0 saturated heterocycles. The van der Waals surface area contributed by atoms with Crippen molar-refractivity contribution in [2.45, 2.75) is 0 Å². The van der Waals surface area contributed by atoms with Gasteiger partial charge in [0.25, 0.3) is 0 Å². The third-order valence-corrected chi connectivity index (χ3v) is 3.93. The summed E-state index contributed by atoms with van der Waals surface area (Å²) in [7, 11) is 2.03. The van der Waals surface area contributed by atoms with Crippen molar-refractivity contribution in [3.63, 3.8) is 0 Å². The Morgan fingerprint density at radius 3 is 2.58 bits per heavy atom. The van der Waals surface area contributed by atoms with Gasteiger partial charge in [0.2, 0.25) is 0 Å². The molecule has 0 aliphatic carbocycles. The Labute approximate surface area is 127 Å². The van der Waals surface area contributed by atoms with Gasteiger partial charge >= 0.3 is 0 Å². The van der Waals surface area contributed by atoms with E-state index in [9.17, 15) is 0 Å².